The summed E-state index contributed by atoms with van der Waals surface area (Å²) in [5.41, 5.74) is 6.40. The minimum atomic E-state index is 0.292. The normalized spacial score (nSPS) is 12.4. The zero-order chi connectivity index (χ0) is 11.8. The second-order valence-corrected chi connectivity index (χ2v) is 4.35. The van der Waals surface area contributed by atoms with Gasteiger partial charge in [0.2, 0.25) is 0 Å². The molecule has 1 aromatic rings. The van der Waals surface area contributed by atoms with Crippen LogP contribution in [0.3, 0.4) is 0 Å². The first kappa shape index (κ1) is 12.9. The van der Waals surface area contributed by atoms with Crippen LogP contribution in [0.25, 0.3) is 0 Å². The van der Waals surface area contributed by atoms with Crippen LogP contribution in [0.4, 0.5) is 5.69 Å². The lowest BCUT2D eigenvalue weighted by molar-refractivity contribution is 0.206. The number of nitrogen functional groups attached to an aromatic ring is 1. The standard InChI is InChI=1S/C14H23NO/c1-3-4-5-6-7-12(2)16-14-10-8-13(15)9-11-14/h8-12H,3-7,15H2,1-2H3/t12-/m0/s1. The molecule has 1 rings (SSSR count). The zero-order valence-corrected chi connectivity index (χ0v) is 10.4. The molecule has 0 unspecified atom stereocenters. The van der Waals surface area contributed by atoms with E-state index in [2.05, 4.69) is 13.8 Å². The van der Waals surface area contributed by atoms with Crippen molar-refractivity contribution in [3.8, 4) is 5.75 Å². The molecule has 0 heterocycles. The molecule has 0 saturated carbocycles. The molecular weight excluding hydrogens is 198 g/mol. The molecule has 16 heavy (non-hydrogen) atoms. The molecule has 1 aromatic carbocycles. The van der Waals surface area contributed by atoms with Crippen molar-refractivity contribution in [1.29, 1.82) is 0 Å². The van der Waals surface area contributed by atoms with E-state index >= 15 is 0 Å². The highest BCUT2D eigenvalue weighted by Crippen LogP contribution is 2.17. The fraction of sp³-hybridized carbons (Fsp3) is 0.571. The van der Waals surface area contributed by atoms with E-state index in [1.54, 1.807) is 0 Å². The van der Waals surface area contributed by atoms with Gasteiger partial charge in [0.25, 0.3) is 0 Å². The van der Waals surface area contributed by atoms with Crippen molar-refractivity contribution >= 4 is 5.69 Å². The molecule has 0 aliphatic rings. The number of nitrogens with two attached hydrogens (primary N) is 1. The van der Waals surface area contributed by atoms with Crippen molar-refractivity contribution in [2.45, 2.75) is 52.1 Å². The number of benzene rings is 1. The Morgan fingerprint density at radius 3 is 2.44 bits per heavy atom. The summed E-state index contributed by atoms with van der Waals surface area (Å²) in [4.78, 5) is 0. The Bertz CT molecular complexity index is 281. The van der Waals surface area contributed by atoms with Gasteiger partial charge in [0.1, 0.15) is 5.75 Å². The van der Waals surface area contributed by atoms with Crippen LogP contribution in [-0.2, 0) is 0 Å². The summed E-state index contributed by atoms with van der Waals surface area (Å²) in [5.74, 6) is 0.914. The third-order valence-electron chi connectivity index (χ3n) is 2.68. The predicted octanol–water partition coefficient (Wildman–Crippen LogP) is 4.01. The molecule has 2 N–H and O–H groups in total. The van der Waals surface area contributed by atoms with Gasteiger partial charge >= 0.3 is 0 Å². The molecule has 0 fully saturated rings. The SMILES string of the molecule is CCCCCC[C@H](C)Oc1ccc(N)cc1. The van der Waals surface area contributed by atoms with E-state index in [1.165, 1.54) is 25.7 Å². The van der Waals surface area contributed by atoms with Crippen molar-refractivity contribution in [2.24, 2.45) is 0 Å². The molecule has 0 spiro atoms. The van der Waals surface area contributed by atoms with Gasteiger partial charge in [-0.3, -0.25) is 0 Å². The third-order valence-corrected chi connectivity index (χ3v) is 2.68. The second-order valence-electron chi connectivity index (χ2n) is 4.35. The minimum absolute atomic E-state index is 0.292. The molecule has 0 aliphatic heterocycles. The molecule has 2 nitrogen and oxygen atoms in total. The number of unbranched alkanes of at least 4 members (excludes halogenated alkanes) is 3. The fourth-order valence-electron chi connectivity index (χ4n) is 1.70. The van der Waals surface area contributed by atoms with Gasteiger partial charge in [-0.25, -0.2) is 0 Å². The molecule has 2 heteroatoms. The Morgan fingerprint density at radius 2 is 1.81 bits per heavy atom. The van der Waals surface area contributed by atoms with Crippen LogP contribution >= 0.6 is 0 Å². The van der Waals surface area contributed by atoms with Crippen LogP contribution in [0.1, 0.15) is 46.0 Å². The highest BCUT2D eigenvalue weighted by Gasteiger charge is 2.03. The molecule has 0 amide bonds. The summed E-state index contributed by atoms with van der Waals surface area (Å²) in [6.45, 7) is 4.36. The minimum Gasteiger partial charge on any atom is -0.491 e. The zero-order valence-electron chi connectivity index (χ0n) is 10.4. The summed E-state index contributed by atoms with van der Waals surface area (Å²) >= 11 is 0. The van der Waals surface area contributed by atoms with Crippen LogP contribution in [0, 0.1) is 0 Å². The lowest BCUT2D eigenvalue weighted by Gasteiger charge is -2.14. The van der Waals surface area contributed by atoms with Gasteiger partial charge in [0.05, 0.1) is 6.10 Å². The quantitative estimate of drug-likeness (QED) is 0.558. The Kier molecular flexibility index (Phi) is 5.76. The summed E-state index contributed by atoms with van der Waals surface area (Å²) in [6.07, 6.45) is 6.60. The van der Waals surface area contributed by atoms with Gasteiger partial charge in [-0.2, -0.15) is 0 Å². The van der Waals surface area contributed by atoms with Gasteiger partial charge in [-0.05, 0) is 44.0 Å². The van der Waals surface area contributed by atoms with Crippen molar-refractivity contribution in [3.63, 3.8) is 0 Å². The smallest absolute Gasteiger partial charge is 0.119 e. The maximum absolute atomic E-state index is 5.79. The lowest BCUT2D eigenvalue weighted by atomic mass is 10.1. The first-order valence-corrected chi connectivity index (χ1v) is 6.24. The average molecular weight is 221 g/mol. The highest BCUT2D eigenvalue weighted by atomic mass is 16.5. The Labute approximate surface area is 98.8 Å². The topological polar surface area (TPSA) is 35.2 Å². The van der Waals surface area contributed by atoms with Crippen LogP contribution in [0.15, 0.2) is 24.3 Å². The van der Waals surface area contributed by atoms with Gasteiger partial charge in [0, 0.05) is 5.69 Å². The van der Waals surface area contributed by atoms with Crippen LogP contribution in [-0.4, -0.2) is 6.10 Å². The van der Waals surface area contributed by atoms with E-state index in [-0.39, 0.29) is 0 Å². The van der Waals surface area contributed by atoms with Gasteiger partial charge in [-0.1, -0.05) is 26.2 Å². The first-order chi connectivity index (χ1) is 7.72. The molecule has 1 atom stereocenters. The van der Waals surface area contributed by atoms with Crippen molar-refractivity contribution < 1.29 is 4.74 Å². The number of anilines is 1. The number of ether oxygens (including phenoxy) is 1. The largest absolute Gasteiger partial charge is 0.491 e. The molecule has 90 valence electrons. The predicted molar refractivity (Wildman–Crippen MR) is 69.7 cm³/mol. The van der Waals surface area contributed by atoms with Gasteiger partial charge < -0.3 is 10.5 Å². The van der Waals surface area contributed by atoms with Crippen LogP contribution in [0.2, 0.25) is 0 Å². The molecule has 0 aliphatic carbocycles. The second kappa shape index (κ2) is 7.15. The first-order valence-electron chi connectivity index (χ1n) is 6.24. The molecule has 0 saturated heterocycles. The van der Waals surface area contributed by atoms with E-state index < -0.39 is 0 Å². The lowest BCUT2D eigenvalue weighted by Crippen LogP contribution is -2.11. The summed E-state index contributed by atoms with van der Waals surface area (Å²) in [6, 6.07) is 7.61. The van der Waals surface area contributed by atoms with Crippen LogP contribution in [0.5, 0.6) is 5.75 Å². The molecular formula is C14H23NO. The van der Waals surface area contributed by atoms with Gasteiger partial charge in [0.15, 0.2) is 0 Å². The van der Waals surface area contributed by atoms with Gasteiger partial charge in [-0.15, -0.1) is 0 Å². The maximum atomic E-state index is 5.79. The fourth-order valence-corrected chi connectivity index (χ4v) is 1.70. The summed E-state index contributed by atoms with van der Waals surface area (Å²) in [7, 11) is 0. The summed E-state index contributed by atoms with van der Waals surface area (Å²) in [5, 5.41) is 0. The van der Waals surface area contributed by atoms with E-state index in [1.807, 2.05) is 24.3 Å². The van der Waals surface area contributed by atoms with Crippen LogP contribution < -0.4 is 10.5 Å². The maximum Gasteiger partial charge on any atom is 0.119 e. The van der Waals surface area contributed by atoms with E-state index in [4.69, 9.17) is 10.5 Å². The van der Waals surface area contributed by atoms with Crippen molar-refractivity contribution in [1.82, 2.24) is 0 Å². The third kappa shape index (κ3) is 5.06. The van der Waals surface area contributed by atoms with E-state index in [0.29, 0.717) is 6.10 Å². The molecule has 0 bridgehead atoms. The Morgan fingerprint density at radius 1 is 1.12 bits per heavy atom. The van der Waals surface area contributed by atoms with E-state index in [0.717, 1.165) is 17.9 Å². The van der Waals surface area contributed by atoms with Crippen molar-refractivity contribution in [3.05, 3.63) is 24.3 Å². The Balaban J connectivity index is 2.23. The highest BCUT2D eigenvalue weighted by molar-refractivity contribution is 5.41. The van der Waals surface area contributed by atoms with E-state index in [9.17, 15) is 0 Å². The molecule has 0 radical (unpaired) electrons. The Hall–Kier alpha value is -1.18. The summed E-state index contributed by atoms with van der Waals surface area (Å²) < 4.78 is 5.79. The van der Waals surface area contributed by atoms with Crippen molar-refractivity contribution in [2.75, 3.05) is 5.73 Å². The number of hydrogen-bond acceptors (Lipinski definition) is 2. The monoisotopic (exact) mass is 221 g/mol. The number of rotatable bonds is 7. The molecule has 0 aromatic heterocycles. The number of hydrogen-bond donors (Lipinski definition) is 1. The average Bonchev–Trinajstić information content (AvgIpc) is 2.28.